The fraction of sp³-hybridized carbons (Fsp3) is 0. The first-order valence-corrected chi connectivity index (χ1v) is 7.45. The number of rotatable bonds is 5. The summed E-state index contributed by atoms with van der Waals surface area (Å²) in [5.74, 6) is -1.63. The minimum Gasteiger partial charge on any atom is -0.451 e. The number of anilines is 1. The molecule has 1 aromatic heterocycles. The molecular weight excluding hydrogens is 361 g/mol. The summed E-state index contributed by atoms with van der Waals surface area (Å²) in [4.78, 5) is 32.4. The summed E-state index contributed by atoms with van der Waals surface area (Å²) in [6, 6.07) is 11.4. The summed E-state index contributed by atoms with van der Waals surface area (Å²) in [6.45, 7) is 0. The van der Waals surface area contributed by atoms with Crippen molar-refractivity contribution in [2.45, 2.75) is 0 Å². The normalized spacial score (nSPS) is 10.4. The van der Waals surface area contributed by atoms with Crippen molar-refractivity contribution < 1.29 is 23.4 Å². The summed E-state index contributed by atoms with van der Waals surface area (Å²) >= 11 is 0. The smallest absolute Gasteiger partial charge is 0.306 e. The molecule has 2 aromatic carbocycles. The molecule has 3 aromatic rings. The zero-order valence-corrected chi connectivity index (χ0v) is 13.4. The lowest BCUT2D eigenvalue weighted by molar-refractivity contribution is -0.387. The number of nitro benzene ring substituents is 2. The van der Waals surface area contributed by atoms with Gasteiger partial charge in [0.2, 0.25) is 5.82 Å². The molecule has 10 heteroatoms. The van der Waals surface area contributed by atoms with Crippen molar-refractivity contribution in [3.8, 4) is 11.3 Å². The number of furan rings is 1. The van der Waals surface area contributed by atoms with Gasteiger partial charge in [0.1, 0.15) is 5.76 Å². The molecule has 1 amide bonds. The molecule has 0 fully saturated rings. The number of carbonyl (C=O) groups excluding carboxylic acids is 1. The van der Waals surface area contributed by atoms with Gasteiger partial charge >= 0.3 is 5.69 Å². The molecule has 0 aliphatic heterocycles. The van der Waals surface area contributed by atoms with Gasteiger partial charge < -0.3 is 9.73 Å². The highest BCUT2D eigenvalue weighted by molar-refractivity contribution is 6.02. The lowest BCUT2D eigenvalue weighted by atomic mass is 10.1. The number of amides is 1. The molecule has 0 saturated carbocycles. The summed E-state index contributed by atoms with van der Waals surface area (Å²) in [5.41, 5.74) is -0.486. The van der Waals surface area contributed by atoms with E-state index >= 15 is 0 Å². The molecule has 1 N–H and O–H groups in total. The lowest BCUT2D eigenvalue weighted by Crippen LogP contribution is -2.11. The Labute approximate surface area is 150 Å². The van der Waals surface area contributed by atoms with E-state index in [4.69, 9.17) is 4.42 Å². The maximum Gasteiger partial charge on any atom is 0.306 e. The molecule has 1 heterocycles. The van der Waals surface area contributed by atoms with Gasteiger partial charge in [0.15, 0.2) is 5.76 Å². The first-order chi connectivity index (χ1) is 12.8. The predicted octanol–water partition coefficient (Wildman–Crippen LogP) is 4.15. The number of halogens is 1. The van der Waals surface area contributed by atoms with Crippen LogP contribution in [-0.2, 0) is 0 Å². The van der Waals surface area contributed by atoms with E-state index < -0.39 is 27.3 Å². The third-order valence-corrected chi connectivity index (χ3v) is 3.57. The first-order valence-electron chi connectivity index (χ1n) is 7.45. The highest BCUT2D eigenvalue weighted by Crippen LogP contribution is 2.27. The SMILES string of the molecule is O=C(Nc1ccc(F)c([N+](=O)[O-])c1)c1ccc(-c2cccc([N+](=O)[O-])c2)o1. The molecule has 0 radical (unpaired) electrons. The average Bonchev–Trinajstić information content (AvgIpc) is 3.13. The molecule has 0 atom stereocenters. The summed E-state index contributed by atoms with van der Waals surface area (Å²) in [6.07, 6.45) is 0. The van der Waals surface area contributed by atoms with Gasteiger partial charge in [0, 0.05) is 29.4 Å². The maximum absolute atomic E-state index is 13.3. The van der Waals surface area contributed by atoms with Crippen molar-refractivity contribution in [2.75, 3.05) is 5.32 Å². The van der Waals surface area contributed by atoms with Crippen LogP contribution in [0.2, 0.25) is 0 Å². The molecule has 0 aliphatic carbocycles. The van der Waals surface area contributed by atoms with Crippen molar-refractivity contribution in [1.29, 1.82) is 0 Å². The van der Waals surface area contributed by atoms with Crippen LogP contribution in [0.1, 0.15) is 10.6 Å². The Kier molecular flexibility index (Phi) is 4.62. The van der Waals surface area contributed by atoms with Crippen LogP contribution in [0.5, 0.6) is 0 Å². The van der Waals surface area contributed by atoms with E-state index in [0.717, 1.165) is 12.1 Å². The molecule has 0 spiro atoms. The second-order valence-electron chi connectivity index (χ2n) is 5.35. The highest BCUT2D eigenvalue weighted by atomic mass is 19.1. The summed E-state index contributed by atoms with van der Waals surface area (Å²) < 4.78 is 18.7. The number of nitrogens with zero attached hydrogens (tertiary/aromatic N) is 2. The lowest BCUT2D eigenvalue weighted by Gasteiger charge is -2.03. The average molecular weight is 371 g/mol. The van der Waals surface area contributed by atoms with Crippen molar-refractivity contribution >= 4 is 23.0 Å². The van der Waals surface area contributed by atoms with Crippen molar-refractivity contribution in [2.24, 2.45) is 0 Å². The van der Waals surface area contributed by atoms with Gasteiger partial charge in [-0.1, -0.05) is 12.1 Å². The van der Waals surface area contributed by atoms with Crippen molar-refractivity contribution in [3.05, 3.63) is 86.4 Å². The number of hydrogen-bond acceptors (Lipinski definition) is 6. The quantitative estimate of drug-likeness (QED) is 0.530. The minimum atomic E-state index is -1.02. The minimum absolute atomic E-state index is 0.0152. The Hall–Kier alpha value is -4.08. The predicted molar refractivity (Wildman–Crippen MR) is 91.8 cm³/mol. The van der Waals surface area contributed by atoms with Gasteiger partial charge in [0.05, 0.1) is 9.85 Å². The Balaban J connectivity index is 1.81. The van der Waals surface area contributed by atoms with E-state index in [9.17, 15) is 29.4 Å². The third kappa shape index (κ3) is 3.79. The van der Waals surface area contributed by atoms with Gasteiger partial charge in [0.25, 0.3) is 11.6 Å². The Morgan fingerprint density at radius 1 is 1.00 bits per heavy atom. The summed E-state index contributed by atoms with van der Waals surface area (Å²) in [5, 5.41) is 24.0. The first kappa shape index (κ1) is 17.7. The zero-order valence-electron chi connectivity index (χ0n) is 13.4. The Morgan fingerprint density at radius 2 is 1.78 bits per heavy atom. The van der Waals surface area contributed by atoms with Gasteiger partial charge in [-0.3, -0.25) is 25.0 Å². The van der Waals surface area contributed by atoms with Gasteiger partial charge in [-0.25, -0.2) is 0 Å². The largest absolute Gasteiger partial charge is 0.451 e. The van der Waals surface area contributed by atoms with Gasteiger partial charge in [-0.2, -0.15) is 4.39 Å². The van der Waals surface area contributed by atoms with Gasteiger partial charge in [-0.15, -0.1) is 0 Å². The Morgan fingerprint density at radius 3 is 2.48 bits per heavy atom. The molecule has 0 saturated heterocycles. The number of hydrogen-bond donors (Lipinski definition) is 1. The second kappa shape index (κ2) is 7.04. The van der Waals surface area contributed by atoms with E-state index in [1.165, 1.54) is 36.4 Å². The third-order valence-electron chi connectivity index (χ3n) is 3.57. The number of nitrogens with one attached hydrogen (secondary N) is 1. The van der Waals surface area contributed by atoms with Crippen molar-refractivity contribution in [3.63, 3.8) is 0 Å². The summed E-state index contributed by atoms with van der Waals surface area (Å²) in [7, 11) is 0. The fourth-order valence-corrected chi connectivity index (χ4v) is 2.31. The second-order valence-corrected chi connectivity index (χ2v) is 5.35. The topological polar surface area (TPSA) is 129 Å². The molecule has 27 heavy (non-hydrogen) atoms. The standard InChI is InChI=1S/C17H10FN3O6/c18-13-5-4-11(9-14(13)21(25)26)19-17(22)16-7-6-15(27-16)10-2-1-3-12(8-10)20(23)24/h1-9H,(H,19,22). The van der Waals surface area contributed by atoms with E-state index in [-0.39, 0.29) is 22.9 Å². The molecule has 0 aliphatic rings. The number of nitro groups is 2. The molecule has 0 unspecified atom stereocenters. The van der Waals surface area contributed by atoms with Crippen molar-refractivity contribution in [1.82, 2.24) is 0 Å². The molecule has 3 rings (SSSR count). The van der Waals surface area contributed by atoms with Crippen LogP contribution in [0, 0.1) is 26.0 Å². The van der Waals surface area contributed by atoms with Crippen LogP contribution in [-0.4, -0.2) is 15.8 Å². The molecule has 136 valence electrons. The molecule has 0 bridgehead atoms. The van der Waals surface area contributed by atoms with Crippen LogP contribution in [0.15, 0.2) is 59.0 Å². The fourth-order valence-electron chi connectivity index (χ4n) is 2.31. The van der Waals surface area contributed by atoms with Gasteiger partial charge in [-0.05, 0) is 24.3 Å². The number of benzene rings is 2. The Bertz CT molecular complexity index is 1060. The maximum atomic E-state index is 13.3. The zero-order chi connectivity index (χ0) is 19.6. The monoisotopic (exact) mass is 371 g/mol. The van der Waals surface area contributed by atoms with E-state index in [2.05, 4.69) is 5.32 Å². The van der Waals surface area contributed by atoms with Crippen LogP contribution in [0.4, 0.5) is 21.5 Å². The number of carbonyl (C=O) groups is 1. The molecule has 9 nitrogen and oxygen atoms in total. The van der Waals surface area contributed by atoms with Crippen LogP contribution in [0.3, 0.4) is 0 Å². The van der Waals surface area contributed by atoms with E-state index in [1.807, 2.05) is 0 Å². The van der Waals surface area contributed by atoms with E-state index in [0.29, 0.717) is 5.56 Å². The van der Waals surface area contributed by atoms with E-state index in [1.54, 1.807) is 6.07 Å². The molecular formula is C17H10FN3O6. The highest BCUT2D eigenvalue weighted by Gasteiger charge is 2.18. The number of non-ortho nitro benzene ring substituents is 1. The van der Waals surface area contributed by atoms with Crippen LogP contribution >= 0.6 is 0 Å². The van der Waals surface area contributed by atoms with Crippen LogP contribution < -0.4 is 5.32 Å². The van der Waals surface area contributed by atoms with Crippen LogP contribution in [0.25, 0.3) is 11.3 Å².